The minimum absolute atomic E-state index is 1.12. The zero-order chi connectivity index (χ0) is 16.4. The van der Waals surface area contributed by atoms with Crippen molar-refractivity contribution in [3.8, 4) is 0 Å². The van der Waals surface area contributed by atoms with Gasteiger partial charge in [0, 0.05) is 0 Å². The van der Waals surface area contributed by atoms with Gasteiger partial charge in [0.1, 0.15) is 0 Å². The molecule has 1 aromatic rings. The molecule has 0 spiro atoms. The van der Waals surface area contributed by atoms with Gasteiger partial charge in [0.15, 0.2) is 0 Å². The Morgan fingerprint density at radius 1 is 0.739 bits per heavy atom. The number of rotatable bonds is 15. The number of hydrogen-bond acceptors (Lipinski definition) is 0. The number of benzene rings is 1. The van der Waals surface area contributed by atoms with Gasteiger partial charge in [-0.05, 0) is 37.3 Å². The Bertz CT molecular complexity index is 363. The molecule has 0 fully saturated rings. The van der Waals surface area contributed by atoms with Crippen molar-refractivity contribution < 1.29 is 0 Å². The maximum absolute atomic E-state index is 3.28. The van der Waals surface area contributed by atoms with Crippen LogP contribution in [0.4, 0.5) is 0 Å². The van der Waals surface area contributed by atoms with Crippen LogP contribution in [0.2, 0.25) is 0 Å². The molecular weight excluding hydrogens is 276 g/mol. The van der Waals surface area contributed by atoms with Gasteiger partial charge in [0.2, 0.25) is 0 Å². The molecule has 0 aliphatic heterocycles. The fourth-order valence-electron chi connectivity index (χ4n) is 2.99. The second-order valence-electron chi connectivity index (χ2n) is 6.72. The molecule has 0 aromatic heterocycles. The normalized spacial score (nSPS) is 11.3. The van der Waals surface area contributed by atoms with Gasteiger partial charge in [0.25, 0.3) is 0 Å². The maximum atomic E-state index is 3.28. The Morgan fingerprint density at radius 2 is 1.35 bits per heavy atom. The third kappa shape index (κ3) is 13.1. The molecule has 1 rings (SSSR count). The Balaban J connectivity index is 1.78. The van der Waals surface area contributed by atoms with Crippen molar-refractivity contribution in [1.29, 1.82) is 0 Å². The van der Waals surface area contributed by atoms with Crippen molar-refractivity contribution in [3.05, 3.63) is 48.0 Å². The van der Waals surface area contributed by atoms with Gasteiger partial charge in [-0.3, -0.25) is 0 Å². The molecule has 23 heavy (non-hydrogen) atoms. The highest BCUT2D eigenvalue weighted by atomic mass is 14.0. The minimum atomic E-state index is 1.12. The molecule has 0 amide bonds. The molecule has 0 bridgehead atoms. The van der Waals surface area contributed by atoms with Crippen LogP contribution in [0.15, 0.2) is 36.4 Å². The van der Waals surface area contributed by atoms with Crippen LogP contribution >= 0.6 is 0 Å². The molecule has 129 valence electrons. The first kappa shape index (κ1) is 20.0. The van der Waals surface area contributed by atoms with Crippen LogP contribution in [0.3, 0.4) is 0 Å². The zero-order valence-corrected chi connectivity index (χ0v) is 15.4. The first-order chi connectivity index (χ1) is 11.4. The predicted octanol–water partition coefficient (Wildman–Crippen LogP) is 7.68. The summed E-state index contributed by atoms with van der Waals surface area (Å²) in [6.45, 7) is 2.29. The second kappa shape index (κ2) is 15.8. The van der Waals surface area contributed by atoms with Gasteiger partial charge in [0.05, 0.1) is 0 Å². The monoisotopic (exact) mass is 313 g/mol. The van der Waals surface area contributed by atoms with Gasteiger partial charge >= 0.3 is 0 Å². The standard InChI is InChI=1S/C23H37/c1-2-3-4-5-6-7-8-9-10-11-12-13-14-15-17-20-23-21-18-16-19-22-23/h14-16,18-19,21H,2-13,17,20H2,1H3. The van der Waals surface area contributed by atoms with E-state index in [0.29, 0.717) is 0 Å². The lowest BCUT2D eigenvalue weighted by molar-refractivity contribution is 0.550. The molecule has 0 N–H and O–H groups in total. The van der Waals surface area contributed by atoms with Gasteiger partial charge < -0.3 is 0 Å². The fourth-order valence-corrected chi connectivity index (χ4v) is 2.99. The summed E-state index contributed by atoms with van der Waals surface area (Å²) in [5.41, 5.74) is 1.33. The summed E-state index contributed by atoms with van der Waals surface area (Å²) in [4.78, 5) is 0. The maximum Gasteiger partial charge on any atom is -0.0149 e. The topological polar surface area (TPSA) is 0 Å². The molecule has 0 nitrogen and oxygen atoms in total. The van der Waals surface area contributed by atoms with Crippen molar-refractivity contribution >= 4 is 0 Å². The van der Waals surface area contributed by atoms with Gasteiger partial charge in [-0.1, -0.05) is 108 Å². The summed E-state index contributed by atoms with van der Waals surface area (Å²) in [5, 5.41) is 0. The predicted molar refractivity (Wildman–Crippen MR) is 104 cm³/mol. The van der Waals surface area contributed by atoms with Crippen molar-refractivity contribution in [3.63, 3.8) is 0 Å². The van der Waals surface area contributed by atoms with Crippen LogP contribution in [-0.4, -0.2) is 0 Å². The van der Waals surface area contributed by atoms with E-state index in [2.05, 4.69) is 37.3 Å². The van der Waals surface area contributed by atoms with Crippen LogP contribution in [0, 0.1) is 6.07 Å². The van der Waals surface area contributed by atoms with E-state index in [0.717, 1.165) is 12.8 Å². The highest BCUT2D eigenvalue weighted by molar-refractivity contribution is 5.13. The average Bonchev–Trinajstić information content (AvgIpc) is 2.59. The largest absolute Gasteiger partial charge is 0.0885 e. The second-order valence-corrected chi connectivity index (χ2v) is 6.72. The van der Waals surface area contributed by atoms with Crippen molar-refractivity contribution in [1.82, 2.24) is 0 Å². The number of aryl methyl sites for hydroxylation is 1. The summed E-state index contributed by atoms with van der Waals surface area (Å²) in [5.74, 6) is 0. The van der Waals surface area contributed by atoms with E-state index in [4.69, 9.17) is 0 Å². The molecular formula is C23H37. The first-order valence-corrected chi connectivity index (χ1v) is 10.0. The van der Waals surface area contributed by atoms with Crippen LogP contribution in [-0.2, 0) is 6.42 Å². The van der Waals surface area contributed by atoms with E-state index in [1.54, 1.807) is 0 Å². The molecule has 0 aliphatic rings. The Morgan fingerprint density at radius 3 is 1.96 bits per heavy atom. The summed E-state index contributed by atoms with van der Waals surface area (Å²) in [6, 6.07) is 11.6. The lowest BCUT2D eigenvalue weighted by Gasteiger charge is -2.01. The van der Waals surface area contributed by atoms with Crippen molar-refractivity contribution in [2.24, 2.45) is 0 Å². The van der Waals surface area contributed by atoms with E-state index in [1.807, 2.05) is 12.1 Å². The smallest absolute Gasteiger partial charge is 0.0149 e. The third-order valence-corrected chi connectivity index (χ3v) is 4.49. The Kier molecular flexibility index (Phi) is 13.8. The van der Waals surface area contributed by atoms with Gasteiger partial charge in [-0.25, -0.2) is 0 Å². The zero-order valence-electron chi connectivity index (χ0n) is 15.4. The van der Waals surface area contributed by atoms with Gasteiger partial charge in [-0.15, -0.1) is 0 Å². The highest BCUT2D eigenvalue weighted by Gasteiger charge is 1.93. The van der Waals surface area contributed by atoms with Crippen LogP contribution in [0.1, 0.15) is 96.0 Å². The summed E-state index contributed by atoms with van der Waals surface area (Å²) >= 11 is 0. The quantitative estimate of drug-likeness (QED) is 0.230. The molecule has 0 aliphatic carbocycles. The van der Waals surface area contributed by atoms with Crippen LogP contribution < -0.4 is 0 Å². The Labute approximate surface area is 145 Å². The minimum Gasteiger partial charge on any atom is -0.0885 e. The summed E-state index contributed by atoms with van der Waals surface area (Å²) in [7, 11) is 0. The third-order valence-electron chi connectivity index (χ3n) is 4.49. The molecule has 1 aromatic carbocycles. The highest BCUT2D eigenvalue weighted by Crippen LogP contribution is 2.12. The molecule has 0 heteroatoms. The van der Waals surface area contributed by atoms with Crippen LogP contribution in [0.5, 0.6) is 0 Å². The van der Waals surface area contributed by atoms with Gasteiger partial charge in [-0.2, -0.15) is 0 Å². The molecule has 0 unspecified atom stereocenters. The van der Waals surface area contributed by atoms with E-state index in [9.17, 15) is 0 Å². The lowest BCUT2D eigenvalue weighted by Crippen LogP contribution is -1.83. The molecule has 0 atom stereocenters. The van der Waals surface area contributed by atoms with Crippen LogP contribution in [0.25, 0.3) is 0 Å². The SMILES string of the molecule is CCCCCCCCCCCCCC=CCCc1[c]cccc1. The van der Waals surface area contributed by atoms with Crippen molar-refractivity contribution in [2.75, 3.05) is 0 Å². The van der Waals surface area contributed by atoms with E-state index in [1.165, 1.54) is 82.6 Å². The van der Waals surface area contributed by atoms with E-state index in [-0.39, 0.29) is 0 Å². The summed E-state index contributed by atoms with van der Waals surface area (Å²) < 4.78 is 0. The molecule has 0 saturated carbocycles. The number of unbranched alkanes of at least 4 members (excludes halogenated alkanes) is 11. The average molecular weight is 314 g/mol. The summed E-state index contributed by atoms with van der Waals surface area (Å²) in [6.07, 6.45) is 24.0. The molecule has 0 saturated heterocycles. The van der Waals surface area contributed by atoms with E-state index < -0.39 is 0 Å². The lowest BCUT2D eigenvalue weighted by atomic mass is 10.0. The fraction of sp³-hybridized carbons (Fsp3) is 0.652. The van der Waals surface area contributed by atoms with E-state index >= 15 is 0 Å². The molecule has 1 radical (unpaired) electrons. The molecule has 0 heterocycles. The Hall–Kier alpha value is -1.04. The number of hydrogen-bond donors (Lipinski definition) is 0. The first-order valence-electron chi connectivity index (χ1n) is 10.0. The van der Waals surface area contributed by atoms with Crippen molar-refractivity contribution in [2.45, 2.75) is 96.8 Å². The number of allylic oxidation sites excluding steroid dienone is 2.